The van der Waals surface area contributed by atoms with Crippen LogP contribution in [0.3, 0.4) is 0 Å². The Morgan fingerprint density at radius 3 is 1.88 bits per heavy atom. The van der Waals surface area contributed by atoms with Crippen molar-refractivity contribution < 1.29 is 22.3 Å². The third-order valence-corrected chi connectivity index (χ3v) is 1.53. The zero-order valence-corrected chi connectivity index (χ0v) is 9.31. The Hall–Kier alpha value is -1.26. The van der Waals surface area contributed by atoms with Crippen molar-refractivity contribution in [1.82, 2.24) is 0 Å². The van der Waals surface area contributed by atoms with E-state index in [0.29, 0.717) is 0 Å². The van der Waals surface area contributed by atoms with Crippen molar-refractivity contribution in [1.29, 1.82) is 0 Å². The molecule has 1 aromatic rings. The Kier molecular flexibility index (Phi) is 5.85. The molecule has 0 saturated heterocycles. The van der Waals surface area contributed by atoms with Crippen LogP contribution in [0.1, 0.15) is 19.4 Å². The van der Waals surface area contributed by atoms with Gasteiger partial charge in [-0.1, -0.05) is 31.5 Å². The summed E-state index contributed by atoms with van der Waals surface area (Å²) in [4.78, 5) is 0. The van der Waals surface area contributed by atoms with Gasteiger partial charge < -0.3 is 4.74 Å². The first-order valence-electron chi connectivity index (χ1n) is 4.83. The highest BCUT2D eigenvalue weighted by atomic mass is 19.3. The maximum absolute atomic E-state index is 12.4. The van der Waals surface area contributed by atoms with E-state index < -0.39 is 12.5 Å². The Labute approximate surface area is 92.0 Å². The second kappa shape index (κ2) is 6.35. The quantitative estimate of drug-likeness (QED) is 0.715. The van der Waals surface area contributed by atoms with E-state index in [1.165, 1.54) is 24.3 Å². The first-order valence-corrected chi connectivity index (χ1v) is 4.83. The van der Waals surface area contributed by atoms with E-state index in [-0.39, 0.29) is 5.75 Å². The molecule has 92 valence electrons. The maximum Gasteiger partial charge on any atom is 0.461 e. The molecule has 5 heteroatoms. The van der Waals surface area contributed by atoms with Crippen LogP contribution in [-0.4, -0.2) is 12.5 Å². The van der Waals surface area contributed by atoms with Gasteiger partial charge in [0.05, 0.1) is 0 Å². The summed E-state index contributed by atoms with van der Waals surface area (Å²) in [5.41, 5.74) is 0.831. The lowest BCUT2D eigenvalue weighted by Gasteiger charge is -2.16. The van der Waals surface area contributed by atoms with Gasteiger partial charge in [0.25, 0.3) is 0 Å². The van der Waals surface area contributed by atoms with Gasteiger partial charge in [-0.25, -0.2) is 0 Å². The highest BCUT2D eigenvalue weighted by Gasteiger charge is 2.43. The summed E-state index contributed by atoms with van der Waals surface area (Å²) < 4.78 is 52.0. The fourth-order valence-corrected chi connectivity index (χ4v) is 0.808. The Morgan fingerprint density at radius 2 is 1.50 bits per heavy atom. The molecule has 16 heavy (non-hydrogen) atoms. The minimum absolute atomic E-state index is 0.277. The van der Waals surface area contributed by atoms with Gasteiger partial charge in [0.2, 0.25) is 0 Å². The second-order valence-corrected chi connectivity index (χ2v) is 2.78. The van der Waals surface area contributed by atoms with Crippen LogP contribution in [0.5, 0.6) is 5.75 Å². The van der Waals surface area contributed by atoms with Crippen LogP contribution in [-0.2, 0) is 0 Å². The number of aryl methyl sites for hydroxylation is 1. The van der Waals surface area contributed by atoms with Gasteiger partial charge in [-0.2, -0.15) is 17.6 Å². The summed E-state index contributed by atoms with van der Waals surface area (Å²) in [5, 5.41) is 0. The number of ether oxygens (including phenoxy) is 1. The average Bonchev–Trinajstić information content (AvgIpc) is 2.24. The van der Waals surface area contributed by atoms with E-state index in [9.17, 15) is 17.6 Å². The van der Waals surface area contributed by atoms with Gasteiger partial charge >= 0.3 is 12.5 Å². The molecule has 0 radical (unpaired) electrons. The van der Waals surface area contributed by atoms with E-state index in [1.807, 2.05) is 13.8 Å². The van der Waals surface area contributed by atoms with E-state index in [2.05, 4.69) is 4.74 Å². The van der Waals surface area contributed by atoms with Gasteiger partial charge in [0.1, 0.15) is 5.75 Å². The Bertz CT molecular complexity index is 295. The SMILES string of the molecule is CC.Cc1ccc(OC(F)(F)C(F)F)cc1. The van der Waals surface area contributed by atoms with Crippen molar-refractivity contribution in [2.24, 2.45) is 0 Å². The standard InChI is InChI=1S/C9H8F4O.C2H6/c1-6-2-4-7(5-3-6)14-9(12,13)8(10)11;1-2/h2-5,8H,1H3;1-2H3. The fraction of sp³-hybridized carbons (Fsp3) is 0.455. The molecule has 0 saturated carbocycles. The minimum atomic E-state index is -4.44. The van der Waals surface area contributed by atoms with Crippen molar-refractivity contribution in [2.45, 2.75) is 33.3 Å². The molecular weight excluding hydrogens is 224 g/mol. The van der Waals surface area contributed by atoms with Crippen LogP contribution in [0.15, 0.2) is 24.3 Å². The summed E-state index contributed by atoms with van der Waals surface area (Å²) in [6.45, 7) is 5.75. The molecule has 0 N–H and O–H groups in total. The highest BCUT2D eigenvalue weighted by molar-refractivity contribution is 5.26. The number of hydrogen-bond donors (Lipinski definition) is 0. The number of hydrogen-bond acceptors (Lipinski definition) is 1. The van der Waals surface area contributed by atoms with Crippen molar-refractivity contribution in [3.8, 4) is 5.75 Å². The molecule has 0 aliphatic carbocycles. The van der Waals surface area contributed by atoms with Crippen molar-refractivity contribution in [3.63, 3.8) is 0 Å². The normalized spacial score (nSPS) is 10.8. The van der Waals surface area contributed by atoms with E-state index in [1.54, 1.807) is 6.92 Å². The fourth-order valence-electron chi connectivity index (χ4n) is 0.808. The average molecular weight is 238 g/mol. The predicted octanol–water partition coefficient (Wildman–Crippen LogP) is 4.26. The Balaban J connectivity index is 0.00000106. The predicted molar refractivity (Wildman–Crippen MR) is 54.1 cm³/mol. The molecular formula is C11H14F4O. The second-order valence-electron chi connectivity index (χ2n) is 2.78. The highest BCUT2D eigenvalue weighted by Crippen LogP contribution is 2.27. The zero-order valence-electron chi connectivity index (χ0n) is 9.31. The molecule has 1 rings (SSSR count). The lowest BCUT2D eigenvalue weighted by Crippen LogP contribution is -2.33. The van der Waals surface area contributed by atoms with Gasteiger partial charge in [-0.05, 0) is 19.1 Å². The first kappa shape index (κ1) is 14.7. The van der Waals surface area contributed by atoms with Gasteiger partial charge in [0.15, 0.2) is 0 Å². The molecule has 0 amide bonds. The molecule has 1 nitrogen and oxygen atoms in total. The van der Waals surface area contributed by atoms with Crippen LogP contribution < -0.4 is 4.74 Å². The van der Waals surface area contributed by atoms with E-state index in [4.69, 9.17) is 0 Å². The summed E-state index contributed by atoms with van der Waals surface area (Å²) >= 11 is 0. The van der Waals surface area contributed by atoms with Gasteiger partial charge in [-0.3, -0.25) is 0 Å². The van der Waals surface area contributed by atoms with Crippen LogP contribution in [0, 0.1) is 6.92 Å². The van der Waals surface area contributed by atoms with Gasteiger partial charge in [0, 0.05) is 0 Å². The first-order chi connectivity index (χ1) is 7.42. The van der Waals surface area contributed by atoms with Crippen LogP contribution in [0.2, 0.25) is 0 Å². The topological polar surface area (TPSA) is 9.23 Å². The molecule has 0 aromatic heterocycles. The lowest BCUT2D eigenvalue weighted by molar-refractivity contribution is -0.253. The number of benzene rings is 1. The van der Waals surface area contributed by atoms with E-state index in [0.717, 1.165) is 5.56 Å². The Morgan fingerprint density at radius 1 is 1.06 bits per heavy atom. The number of halogens is 4. The smallest absolute Gasteiger partial charge is 0.428 e. The monoisotopic (exact) mass is 238 g/mol. The molecule has 0 spiro atoms. The van der Waals surface area contributed by atoms with Crippen LogP contribution in [0.25, 0.3) is 0 Å². The van der Waals surface area contributed by atoms with Crippen molar-refractivity contribution in [3.05, 3.63) is 29.8 Å². The van der Waals surface area contributed by atoms with E-state index >= 15 is 0 Å². The largest absolute Gasteiger partial charge is 0.461 e. The molecule has 0 bridgehead atoms. The maximum atomic E-state index is 12.4. The summed E-state index contributed by atoms with van der Waals surface area (Å²) in [6, 6.07) is 5.42. The third kappa shape index (κ3) is 4.51. The van der Waals surface area contributed by atoms with Crippen molar-refractivity contribution in [2.75, 3.05) is 0 Å². The third-order valence-electron chi connectivity index (χ3n) is 1.53. The molecule has 1 aromatic carbocycles. The molecule has 0 aliphatic rings. The molecule has 0 aliphatic heterocycles. The zero-order chi connectivity index (χ0) is 12.8. The minimum Gasteiger partial charge on any atom is -0.428 e. The van der Waals surface area contributed by atoms with Crippen LogP contribution >= 0.6 is 0 Å². The van der Waals surface area contributed by atoms with Crippen molar-refractivity contribution >= 4 is 0 Å². The molecule has 0 heterocycles. The number of alkyl halides is 4. The molecule has 0 unspecified atom stereocenters. The molecule has 0 atom stereocenters. The van der Waals surface area contributed by atoms with Crippen LogP contribution in [0.4, 0.5) is 17.6 Å². The molecule has 0 fully saturated rings. The summed E-state index contributed by atoms with van der Waals surface area (Å²) in [7, 11) is 0. The summed E-state index contributed by atoms with van der Waals surface area (Å²) in [6.07, 6.45) is -8.27. The summed E-state index contributed by atoms with van der Waals surface area (Å²) in [5.74, 6) is -0.277. The number of rotatable bonds is 3. The lowest BCUT2D eigenvalue weighted by atomic mass is 10.2. The van der Waals surface area contributed by atoms with Gasteiger partial charge in [-0.15, -0.1) is 0 Å².